The Hall–Kier alpha value is -1.41. The van der Waals surface area contributed by atoms with Crippen LogP contribution in [0.5, 0.6) is 0 Å². The Morgan fingerprint density at radius 2 is 1.86 bits per heavy atom. The van der Waals surface area contributed by atoms with Crippen LogP contribution in [0.4, 0.5) is 0 Å². The van der Waals surface area contributed by atoms with Gasteiger partial charge in [0.1, 0.15) is 0 Å². The summed E-state index contributed by atoms with van der Waals surface area (Å²) in [6, 6.07) is 5.40. The van der Waals surface area contributed by atoms with E-state index in [1.807, 2.05) is 0 Å². The first-order valence-electron chi connectivity index (χ1n) is 8.37. The number of nitrogens with one attached hydrogen (secondary N) is 1. The third-order valence-electron chi connectivity index (χ3n) is 5.14. The first-order chi connectivity index (χ1) is 10.2. The van der Waals surface area contributed by atoms with E-state index >= 15 is 0 Å². The Morgan fingerprint density at radius 1 is 1.10 bits per heavy atom. The van der Waals surface area contributed by atoms with Crippen LogP contribution in [0, 0.1) is 13.8 Å². The van der Waals surface area contributed by atoms with Crippen molar-refractivity contribution in [2.75, 3.05) is 0 Å². The predicted octanol–water partition coefficient (Wildman–Crippen LogP) is 3.98. The third-order valence-corrected chi connectivity index (χ3v) is 5.14. The molecule has 1 heterocycles. The summed E-state index contributed by atoms with van der Waals surface area (Å²) in [5.74, 6) is 0. The van der Waals surface area contributed by atoms with E-state index < -0.39 is 0 Å². The molecule has 0 saturated heterocycles. The fraction of sp³-hybridized carbons (Fsp3) is 0.526. The molecule has 0 unspecified atom stereocenters. The second-order valence-electron chi connectivity index (χ2n) is 6.83. The normalized spacial score (nSPS) is 18.0. The first-order valence-corrected chi connectivity index (χ1v) is 8.37. The molecule has 0 aliphatic heterocycles. The Kier molecular flexibility index (Phi) is 3.22. The lowest BCUT2D eigenvalue weighted by Crippen LogP contribution is -2.19. The van der Waals surface area contributed by atoms with Crippen LogP contribution in [-0.2, 0) is 19.4 Å². The van der Waals surface area contributed by atoms with Crippen molar-refractivity contribution in [1.29, 1.82) is 0 Å². The van der Waals surface area contributed by atoms with Gasteiger partial charge in [0.05, 0.1) is 5.52 Å². The Labute approximate surface area is 127 Å². The molecular formula is C19H24N2. The van der Waals surface area contributed by atoms with E-state index in [0.717, 1.165) is 19.0 Å². The van der Waals surface area contributed by atoms with E-state index in [2.05, 4.69) is 31.3 Å². The van der Waals surface area contributed by atoms with Crippen LogP contribution in [0.3, 0.4) is 0 Å². The van der Waals surface area contributed by atoms with Crippen molar-refractivity contribution in [3.05, 3.63) is 40.1 Å². The van der Waals surface area contributed by atoms with Gasteiger partial charge < -0.3 is 5.32 Å². The zero-order chi connectivity index (χ0) is 14.4. The average molecular weight is 280 g/mol. The van der Waals surface area contributed by atoms with Crippen molar-refractivity contribution >= 4 is 10.9 Å². The molecule has 110 valence electrons. The average Bonchev–Trinajstić information content (AvgIpc) is 3.29. The van der Waals surface area contributed by atoms with E-state index in [9.17, 15) is 0 Å². The monoisotopic (exact) mass is 280 g/mol. The Morgan fingerprint density at radius 3 is 2.67 bits per heavy atom. The fourth-order valence-electron chi connectivity index (χ4n) is 3.52. The van der Waals surface area contributed by atoms with Gasteiger partial charge in [0.25, 0.3) is 0 Å². The summed E-state index contributed by atoms with van der Waals surface area (Å²) in [7, 11) is 0. The summed E-state index contributed by atoms with van der Waals surface area (Å²) < 4.78 is 0. The molecule has 2 nitrogen and oxygen atoms in total. The van der Waals surface area contributed by atoms with E-state index in [1.54, 1.807) is 5.56 Å². The number of nitrogens with zero attached hydrogens (tertiary/aromatic N) is 1. The molecule has 1 N–H and O–H groups in total. The minimum Gasteiger partial charge on any atom is -0.310 e. The highest BCUT2D eigenvalue weighted by atomic mass is 14.9. The lowest BCUT2D eigenvalue weighted by molar-refractivity contribution is 0.642. The molecule has 1 aromatic heterocycles. The number of hydrogen-bond acceptors (Lipinski definition) is 2. The van der Waals surface area contributed by atoms with E-state index in [-0.39, 0.29) is 0 Å². The maximum Gasteiger partial charge on any atom is 0.0711 e. The molecule has 0 bridgehead atoms. The number of aromatic nitrogens is 1. The quantitative estimate of drug-likeness (QED) is 0.919. The van der Waals surface area contributed by atoms with Crippen molar-refractivity contribution in [2.45, 2.75) is 65.0 Å². The van der Waals surface area contributed by atoms with Gasteiger partial charge in [-0.05, 0) is 86.8 Å². The Bertz CT molecular complexity index is 699. The molecule has 1 aromatic carbocycles. The highest BCUT2D eigenvalue weighted by molar-refractivity contribution is 5.85. The van der Waals surface area contributed by atoms with E-state index in [4.69, 9.17) is 4.98 Å². The molecule has 1 saturated carbocycles. The van der Waals surface area contributed by atoms with Gasteiger partial charge in [0, 0.05) is 23.7 Å². The van der Waals surface area contributed by atoms with Gasteiger partial charge in [-0.25, -0.2) is 0 Å². The summed E-state index contributed by atoms with van der Waals surface area (Å²) in [6.07, 6.45) is 7.70. The van der Waals surface area contributed by atoms with Crippen LogP contribution in [-0.4, -0.2) is 11.0 Å². The number of pyridine rings is 1. The summed E-state index contributed by atoms with van der Waals surface area (Å²) in [6.45, 7) is 5.43. The molecule has 0 spiro atoms. The molecule has 1 fully saturated rings. The predicted molar refractivity (Wildman–Crippen MR) is 87.7 cm³/mol. The molecule has 2 aliphatic rings. The van der Waals surface area contributed by atoms with E-state index in [0.29, 0.717) is 0 Å². The zero-order valence-electron chi connectivity index (χ0n) is 13.1. The summed E-state index contributed by atoms with van der Waals surface area (Å²) in [5.41, 5.74) is 8.38. The van der Waals surface area contributed by atoms with Crippen molar-refractivity contribution < 1.29 is 0 Å². The van der Waals surface area contributed by atoms with Crippen molar-refractivity contribution in [3.63, 3.8) is 0 Å². The lowest BCUT2D eigenvalue weighted by atomic mass is 9.89. The molecule has 2 aliphatic carbocycles. The lowest BCUT2D eigenvalue weighted by Gasteiger charge is -2.22. The van der Waals surface area contributed by atoms with Crippen LogP contribution in [0.2, 0.25) is 0 Å². The van der Waals surface area contributed by atoms with Crippen molar-refractivity contribution in [3.8, 4) is 0 Å². The maximum absolute atomic E-state index is 4.99. The summed E-state index contributed by atoms with van der Waals surface area (Å²) >= 11 is 0. The summed E-state index contributed by atoms with van der Waals surface area (Å²) in [5, 5.41) is 5.10. The molecule has 2 aromatic rings. The molecular weight excluding hydrogens is 256 g/mol. The molecule has 0 amide bonds. The van der Waals surface area contributed by atoms with Crippen LogP contribution in [0.15, 0.2) is 12.1 Å². The van der Waals surface area contributed by atoms with E-state index in [1.165, 1.54) is 65.4 Å². The zero-order valence-corrected chi connectivity index (χ0v) is 13.1. The van der Waals surface area contributed by atoms with Gasteiger partial charge in [-0.3, -0.25) is 4.98 Å². The highest BCUT2D eigenvalue weighted by Crippen LogP contribution is 2.31. The molecule has 21 heavy (non-hydrogen) atoms. The van der Waals surface area contributed by atoms with Gasteiger partial charge in [-0.1, -0.05) is 0 Å². The van der Waals surface area contributed by atoms with Crippen LogP contribution >= 0.6 is 0 Å². The largest absolute Gasteiger partial charge is 0.310 e. The topological polar surface area (TPSA) is 24.9 Å². The maximum atomic E-state index is 4.99. The van der Waals surface area contributed by atoms with Gasteiger partial charge >= 0.3 is 0 Å². The highest BCUT2D eigenvalue weighted by Gasteiger charge is 2.23. The van der Waals surface area contributed by atoms with Crippen LogP contribution in [0.25, 0.3) is 10.9 Å². The van der Waals surface area contributed by atoms with Gasteiger partial charge in [0.15, 0.2) is 0 Å². The molecule has 4 rings (SSSR count). The third kappa shape index (κ3) is 2.46. The fourth-order valence-corrected chi connectivity index (χ4v) is 3.52. The molecule has 2 heteroatoms. The second kappa shape index (κ2) is 5.10. The molecule has 0 radical (unpaired) electrons. The molecule has 0 atom stereocenters. The van der Waals surface area contributed by atoms with Gasteiger partial charge in [-0.15, -0.1) is 0 Å². The number of fused-ring (bicyclic) bond motifs is 2. The number of rotatable bonds is 3. The first kappa shape index (κ1) is 13.3. The smallest absolute Gasteiger partial charge is 0.0711 e. The summed E-state index contributed by atoms with van der Waals surface area (Å²) in [4.78, 5) is 4.99. The number of benzene rings is 1. The standard InChI is InChI=1S/C19H24N2/c1-12-9-16-17(11-20-14-7-8-14)15-5-3-4-6-18(15)21-19(16)10-13(12)2/h9-10,14,20H,3-8,11H2,1-2H3. The van der Waals surface area contributed by atoms with Gasteiger partial charge in [-0.2, -0.15) is 0 Å². The minimum atomic E-state index is 0.763. The van der Waals surface area contributed by atoms with Crippen molar-refractivity contribution in [1.82, 2.24) is 10.3 Å². The SMILES string of the molecule is Cc1cc2nc3c(c(CNC4CC4)c2cc1C)CCCC3. The number of aryl methyl sites for hydroxylation is 3. The number of hydrogen-bond donors (Lipinski definition) is 1. The van der Waals surface area contributed by atoms with Crippen LogP contribution in [0.1, 0.15) is 53.6 Å². The Balaban J connectivity index is 1.88. The minimum absolute atomic E-state index is 0.763. The second-order valence-corrected chi connectivity index (χ2v) is 6.83. The van der Waals surface area contributed by atoms with Gasteiger partial charge in [0.2, 0.25) is 0 Å². The van der Waals surface area contributed by atoms with Crippen molar-refractivity contribution in [2.24, 2.45) is 0 Å². The van der Waals surface area contributed by atoms with Crippen LogP contribution < -0.4 is 5.32 Å².